The van der Waals surface area contributed by atoms with Gasteiger partial charge in [-0.1, -0.05) is 18.2 Å². The van der Waals surface area contributed by atoms with Gasteiger partial charge in [0.15, 0.2) is 5.69 Å². The lowest BCUT2D eigenvalue weighted by atomic mass is 10.3. The predicted molar refractivity (Wildman–Crippen MR) is 76.9 cm³/mol. The van der Waals surface area contributed by atoms with Crippen molar-refractivity contribution in [2.24, 2.45) is 0 Å². The molecule has 110 valence electrons. The van der Waals surface area contributed by atoms with Gasteiger partial charge >= 0.3 is 5.97 Å². The van der Waals surface area contributed by atoms with Crippen molar-refractivity contribution in [3.05, 3.63) is 78.1 Å². The van der Waals surface area contributed by atoms with Gasteiger partial charge in [-0.3, -0.25) is 4.98 Å². The molecule has 0 amide bonds. The highest BCUT2D eigenvalue weighted by Gasteiger charge is 2.13. The van der Waals surface area contributed by atoms with E-state index in [2.05, 4.69) is 10.1 Å². The van der Waals surface area contributed by atoms with Crippen LogP contribution in [0.15, 0.2) is 61.1 Å². The smallest absolute Gasteiger partial charge is 0.359 e. The Balaban J connectivity index is 1.71. The van der Waals surface area contributed by atoms with Crippen LogP contribution < -0.4 is 0 Å². The molecule has 2 aromatic heterocycles. The summed E-state index contributed by atoms with van der Waals surface area (Å²) in [7, 11) is 0. The summed E-state index contributed by atoms with van der Waals surface area (Å²) in [4.78, 5) is 15.9. The van der Waals surface area contributed by atoms with Gasteiger partial charge in [0.1, 0.15) is 18.1 Å². The number of nitrogens with zero attached hydrogens (tertiary/aromatic N) is 3. The Bertz CT molecular complexity index is 787. The van der Waals surface area contributed by atoms with Crippen molar-refractivity contribution in [1.82, 2.24) is 14.8 Å². The second kappa shape index (κ2) is 6.17. The fourth-order valence-corrected chi connectivity index (χ4v) is 1.91. The Morgan fingerprint density at radius 3 is 2.82 bits per heavy atom. The third-order valence-electron chi connectivity index (χ3n) is 2.99. The number of pyridine rings is 1. The maximum Gasteiger partial charge on any atom is 0.359 e. The van der Waals surface area contributed by atoms with Crippen molar-refractivity contribution >= 4 is 5.97 Å². The number of carbonyl (C=O) groups excluding carboxylic acids is 1. The monoisotopic (exact) mass is 297 g/mol. The Morgan fingerprint density at radius 2 is 2.05 bits per heavy atom. The number of esters is 1. The van der Waals surface area contributed by atoms with E-state index in [1.807, 2.05) is 0 Å². The second-order valence-corrected chi connectivity index (χ2v) is 4.53. The number of ether oxygens (including phenoxy) is 1. The Morgan fingerprint density at radius 1 is 1.18 bits per heavy atom. The average Bonchev–Trinajstić information content (AvgIpc) is 3.04. The Kier molecular flexibility index (Phi) is 3.91. The molecule has 0 spiro atoms. The topological polar surface area (TPSA) is 57.0 Å². The Labute approximate surface area is 126 Å². The van der Waals surface area contributed by atoms with Gasteiger partial charge < -0.3 is 4.74 Å². The summed E-state index contributed by atoms with van der Waals surface area (Å²) in [5, 5.41) is 4.04. The molecule has 0 aliphatic rings. The highest BCUT2D eigenvalue weighted by Crippen LogP contribution is 2.12. The van der Waals surface area contributed by atoms with Gasteiger partial charge in [-0.05, 0) is 24.3 Å². The lowest BCUT2D eigenvalue weighted by Gasteiger charge is -2.03. The van der Waals surface area contributed by atoms with E-state index in [4.69, 9.17) is 4.74 Å². The molecule has 5 nitrogen and oxygen atoms in total. The minimum atomic E-state index is -0.570. The van der Waals surface area contributed by atoms with E-state index in [0.29, 0.717) is 0 Å². The fourth-order valence-electron chi connectivity index (χ4n) is 1.91. The summed E-state index contributed by atoms with van der Waals surface area (Å²) >= 11 is 0. The zero-order chi connectivity index (χ0) is 15.4. The first-order valence-corrected chi connectivity index (χ1v) is 6.60. The van der Waals surface area contributed by atoms with Crippen LogP contribution in [0.5, 0.6) is 0 Å². The zero-order valence-corrected chi connectivity index (χ0v) is 11.5. The molecule has 3 aromatic rings. The van der Waals surface area contributed by atoms with Crippen LogP contribution in [-0.2, 0) is 11.3 Å². The van der Waals surface area contributed by atoms with E-state index in [1.54, 1.807) is 42.7 Å². The summed E-state index contributed by atoms with van der Waals surface area (Å²) in [6.07, 6.45) is 4.77. The number of halogens is 1. The van der Waals surface area contributed by atoms with Crippen molar-refractivity contribution in [1.29, 1.82) is 0 Å². The molecule has 22 heavy (non-hydrogen) atoms. The molecular formula is C16H12FN3O2. The molecular weight excluding hydrogens is 285 g/mol. The number of hydrogen-bond acceptors (Lipinski definition) is 4. The molecule has 0 saturated carbocycles. The molecule has 0 fully saturated rings. The third-order valence-corrected chi connectivity index (χ3v) is 2.99. The van der Waals surface area contributed by atoms with Crippen molar-refractivity contribution in [3.63, 3.8) is 0 Å². The van der Waals surface area contributed by atoms with Crippen LogP contribution in [0.3, 0.4) is 0 Å². The van der Waals surface area contributed by atoms with Crippen LogP contribution in [0.1, 0.15) is 16.1 Å². The predicted octanol–water partition coefficient (Wildman–Crippen LogP) is 2.76. The molecule has 0 aliphatic carbocycles. The number of para-hydroxylation sites is 1. The average molecular weight is 297 g/mol. The van der Waals surface area contributed by atoms with E-state index in [0.717, 1.165) is 5.56 Å². The molecule has 0 unspecified atom stereocenters. The molecule has 3 rings (SSSR count). The van der Waals surface area contributed by atoms with E-state index >= 15 is 0 Å². The molecule has 0 saturated heterocycles. The normalized spacial score (nSPS) is 10.4. The SMILES string of the molecule is O=C(OCc1cccnc1)c1ccn(-c2ccccc2F)n1. The lowest BCUT2D eigenvalue weighted by Crippen LogP contribution is -2.07. The standard InChI is InChI=1S/C16H12FN3O2/c17-13-5-1-2-6-15(13)20-9-7-14(19-20)16(21)22-11-12-4-3-8-18-10-12/h1-10H,11H2. The number of carbonyl (C=O) groups is 1. The van der Waals surface area contributed by atoms with Crippen molar-refractivity contribution in [2.45, 2.75) is 6.61 Å². The first kappa shape index (κ1) is 13.9. The van der Waals surface area contributed by atoms with Gasteiger partial charge in [0.25, 0.3) is 0 Å². The van der Waals surface area contributed by atoms with Crippen LogP contribution in [0.25, 0.3) is 5.69 Å². The number of rotatable bonds is 4. The molecule has 0 bridgehead atoms. The summed E-state index contributed by atoms with van der Waals surface area (Å²) < 4.78 is 20.1. The third kappa shape index (κ3) is 3.01. The van der Waals surface area contributed by atoms with E-state index in [-0.39, 0.29) is 18.0 Å². The second-order valence-electron chi connectivity index (χ2n) is 4.53. The summed E-state index contributed by atoms with van der Waals surface area (Å²) in [6.45, 7) is 0.110. The largest absolute Gasteiger partial charge is 0.456 e. The summed E-state index contributed by atoms with van der Waals surface area (Å²) in [5.41, 5.74) is 1.17. The quantitative estimate of drug-likeness (QED) is 0.695. The van der Waals surface area contributed by atoms with Crippen LogP contribution in [0.2, 0.25) is 0 Å². The first-order chi connectivity index (χ1) is 10.7. The highest BCUT2D eigenvalue weighted by atomic mass is 19.1. The van der Waals surface area contributed by atoms with Gasteiger partial charge in [0, 0.05) is 24.2 Å². The van der Waals surface area contributed by atoms with E-state index in [1.165, 1.54) is 23.0 Å². The minimum Gasteiger partial charge on any atom is -0.456 e. The van der Waals surface area contributed by atoms with Crippen LogP contribution in [0.4, 0.5) is 4.39 Å². The first-order valence-electron chi connectivity index (χ1n) is 6.60. The summed E-state index contributed by atoms with van der Waals surface area (Å²) in [6, 6.07) is 11.2. The highest BCUT2D eigenvalue weighted by molar-refractivity contribution is 5.87. The van der Waals surface area contributed by atoms with Crippen LogP contribution in [-0.4, -0.2) is 20.7 Å². The van der Waals surface area contributed by atoms with Gasteiger partial charge in [0.05, 0.1) is 0 Å². The number of aromatic nitrogens is 3. The van der Waals surface area contributed by atoms with Gasteiger partial charge in [-0.25, -0.2) is 13.9 Å². The molecule has 0 aliphatic heterocycles. The van der Waals surface area contributed by atoms with Gasteiger partial charge in [0.2, 0.25) is 0 Å². The maximum absolute atomic E-state index is 13.7. The molecule has 2 heterocycles. The van der Waals surface area contributed by atoms with Gasteiger partial charge in [-0.15, -0.1) is 0 Å². The molecule has 6 heteroatoms. The molecule has 0 radical (unpaired) electrons. The van der Waals surface area contributed by atoms with E-state index < -0.39 is 11.8 Å². The van der Waals surface area contributed by atoms with Crippen molar-refractivity contribution in [2.75, 3.05) is 0 Å². The van der Waals surface area contributed by atoms with Crippen LogP contribution in [0, 0.1) is 5.82 Å². The zero-order valence-electron chi connectivity index (χ0n) is 11.5. The molecule has 0 N–H and O–H groups in total. The van der Waals surface area contributed by atoms with Crippen molar-refractivity contribution < 1.29 is 13.9 Å². The Hall–Kier alpha value is -3.02. The maximum atomic E-state index is 13.7. The summed E-state index contributed by atoms with van der Waals surface area (Å²) in [5.74, 6) is -0.986. The minimum absolute atomic E-state index is 0.110. The molecule has 1 aromatic carbocycles. The lowest BCUT2D eigenvalue weighted by molar-refractivity contribution is 0.0465. The van der Waals surface area contributed by atoms with Gasteiger partial charge in [-0.2, -0.15) is 5.10 Å². The van der Waals surface area contributed by atoms with E-state index in [9.17, 15) is 9.18 Å². The fraction of sp³-hybridized carbons (Fsp3) is 0.0625. The number of hydrogen-bond donors (Lipinski definition) is 0. The van der Waals surface area contributed by atoms with Crippen LogP contribution >= 0.6 is 0 Å². The molecule has 0 atom stereocenters. The number of benzene rings is 1. The van der Waals surface area contributed by atoms with Crippen molar-refractivity contribution in [3.8, 4) is 5.69 Å².